The largest absolute Gasteiger partial charge is 0.368 e. The predicted octanol–water partition coefficient (Wildman–Crippen LogP) is 4.18. The maximum atomic E-state index is 15.1. The first-order chi connectivity index (χ1) is 15.4. The fraction of sp³-hybridized carbons (Fsp3) is 0.435. The highest BCUT2D eigenvalue weighted by Gasteiger charge is 2.33. The van der Waals surface area contributed by atoms with E-state index in [2.05, 4.69) is 4.90 Å². The average Bonchev–Trinajstić information content (AvgIpc) is 2.93. The van der Waals surface area contributed by atoms with Gasteiger partial charge in [0.15, 0.2) is 0 Å². The fourth-order valence-corrected chi connectivity index (χ4v) is 6.03. The first-order valence-electron chi connectivity index (χ1n) is 11.0. The van der Waals surface area contributed by atoms with Crippen molar-refractivity contribution in [3.63, 3.8) is 0 Å². The van der Waals surface area contributed by atoms with Crippen LogP contribution in [0.2, 0.25) is 0 Å². The number of carbonyl (C=O) groups is 1. The molecular weight excluding hydrogens is 431 g/mol. The Morgan fingerprint density at radius 3 is 2.28 bits per heavy atom. The minimum absolute atomic E-state index is 0.0622. The van der Waals surface area contributed by atoms with E-state index in [4.69, 9.17) is 0 Å². The van der Waals surface area contributed by atoms with Crippen LogP contribution in [0.25, 0.3) is 0 Å². The summed E-state index contributed by atoms with van der Waals surface area (Å²) in [5.41, 5.74) is 1.97. The molecule has 0 saturated carbocycles. The Morgan fingerprint density at radius 1 is 0.938 bits per heavy atom. The normalized spacial score (nSPS) is 20.7. The van der Waals surface area contributed by atoms with Gasteiger partial charge in [-0.25, -0.2) is 4.39 Å². The number of amides is 1. The lowest BCUT2D eigenvalue weighted by molar-refractivity contribution is -0.129. The van der Waals surface area contributed by atoms with Crippen LogP contribution >= 0.6 is 11.0 Å². The quantitative estimate of drug-likeness (QED) is 0.711. The number of carbonyl (C=O) groups excluding carboxylic acids is 1. The second-order valence-electron chi connectivity index (χ2n) is 8.27. The van der Waals surface area contributed by atoms with Gasteiger partial charge in [0.25, 0.3) is 0 Å². The van der Waals surface area contributed by atoms with Gasteiger partial charge in [-0.15, -0.1) is 0 Å². The van der Waals surface area contributed by atoms with Crippen molar-refractivity contribution in [2.24, 2.45) is 0 Å². The molecule has 0 spiro atoms. The molecule has 2 saturated heterocycles. The van der Waals surface area contributed by atoms with Crippen LogP contribution in [-0.2, 0) is 11.3 Å². The minimum Gasteiger partial charge on any atom is -0.368 e. The topological polar surface area (TPSA) is 70.5 Å². The van der Waals surface area contributed by atoms with Crippen molar-refractivity contribution >= 4 is 28.2 Å². The van der Waals surface area contributed by atoms with E-state index in [0.29, 0.717) is 44.8 Å². The molecule has 2 aromatic rings. The number of para-hydroxylation sites is 1. The first kappa shape index (κ1) is 22.8. The molecule has 4 rings (SSSR count). The summed E-state index contributed by atoms with van der Waals surface area (Å²) in [4.78, 5) is 15.4. The fourth-order valence-electron chi connectivity index (χ4n) is 4.29. The Labute approximate surface area is 190 Å². The van der Waals surface area contributed by atoms with Crippen molar-refractivity contribution in [2.75, 3.05) is 48.5 Å². The molecule has 2 aliphatic heterocycles. The zero-order valence-electron chi connectivity index (χ0n) is 18.4. The van der Waals surface area contributed by atoms with Gasteiger partial charge in [-0.05, 0) is 37.1 Å². The first-order valence-corrected chi connectivity index (χ1v) is 12.5. The minimum atomic E-state index is -3.26. The van der Waals surface area contributed by atoms with Crippen molar-refractivity contribution in [1.29, 1.82) is 0 Å². The monoisotopic (exact) mass is 462 g/mol. The van der Waals surface area contributed by atoms with Crippen LogP contribution < -0.4 is 9.21 Å². The van der Waals surface area contributed by atoms with E-state index in [1.54, 1.807) is 26.5 Å². The lowest BCUT2D eigenvalue weighted by Crippen LogP contribution is -2.48. The molecule has 2 aliphatic rings. The van der Waals surface area contributed by atoms with Crippen molar-refractivity contribution in [3.05, 3.63) is 59.9 Å². The number of hydrogen-bond acceptors (Lipinski definition) is 6. The summed E-state index contributed by atoms with van der Waals surface area (Å²) in [6.45, 7) is 5.29. The van der Waals surface area contributed by atoms with E-state index in [1.807, 2.05) is 36.4 Å². The van der Waals surface area contributed by atoms with Crippen LogP contribution in [0.1, 0.15) is 25.3 Å². The van der Waals surface area contributed by atoms with Crippen LogP contribution in [0.4, 0.5) is 15.8 Å². The molecule has 0 aliphatic carbocycles. The molecule has 2 aromatic carbocycles. The SMILES string of the molecule is CC(=O)N1CCN(c2ccc(CN3CCCCN(c4ccccc4)S3(O)O)c(F)c2)CC1. The maximum absolute atomic E-state index is 15.1. The summed E-state index contributed by atoms with van der Waals surface area (Å²) < 4.78 is 40.6. The molecule has 0 atom stereocenters. The third kappa shape index (κ3) is 4.85. The van der Waals surface area contributed by atoms with Crippen molar-refractivity contribution in [3.8, 4) is 0 Å². The highest BCUT2D eigenvalue weighted by atomic mass is 32.3. The van der Waals surface area contributed by atoms with E-state index >= 15 is 4.39 Å². The highest BCUT2D eigenvalue weighted by molar-refractivity contribution is 8.23. The van der Waals surface area contributed by atoms with Gasteiger partial charge in [0.2, 0.25) is 5.91 Å². The number of rotatable bonds is 4. The van der Waals surface area contributed by atoms with E-state index in [1.165, 1.54) is 6.07 Å². The number of nitrogens with zero attached hydrogens (tertiary/aromatic N) is 4. The van der Waals surface area contributed by atoms with E-state index in [-0.39, 0.29) is 18.3 Å². The summed E-state index contributed by atoms with van der Waals surface area (Å²) in [7, 11) is -3.26. The summed E-state index contributed by atoms with van der Waals surface area (Å²) in [5, 5.41) is 0. The van der Waals surface area contributed by atoms with Crippen LogP contribution in [0.5, 0.6) is 0 Å². The van der Waals surface area contributed by atoms with E-state index < -0.39 is 11.0 Å². The average molecular weight is 463 g/mol. The summed E-state index contributed by atoms with van der Waals surface area (Å²) in [6, 6.07) is 14.5. The molecule has 174 valence electrons. The Morgan fingerprint density at radius 2 is 1.62 bits per heavy atom. The molecule has 0 unspecified atom stereocenters. The van der Waals surface area contributed by atoms with Gasteiger partial charge in [0.05, 0.1) is 5.69 Å². The zero-order chi connectivity index (χ0) is 22.7. The van der Waals surface area contributed by atoms with Gasteiger partial charge < -0.3 is 9.80 Å². The Balaban J connectivity index is 1.49. The zero-order valence-corrected chi connectivity index (χ0v) is 19.2. The molecule has 1 amide bonds. The highest BCUT2D eigenvalue weighted by Crippen LogP contribution is 2.51. The Hall–Kier alpha value is -2.33. The molecule has 2 heterocycles. The number of halogens is 1. The van der Waals surface area contributed by atoms with Crippen LogP contribution in [0.3, 0.4) is 0 Å². The number of anilines is 2. The standard InChI is InChI=1S/C23H31FN4O3S/c1-19(29)25-13-15-26(16-14-25)22-10-9-20(23(24)17-22)18-27-11-5-6-12-28(32(27,30)31)21-7-3-2-4-8-21/h2-4,7-10,17,30-31H,5-6,11-16,18H2,1H3. The number of hydrogen-bond donors (Lipinski definition) is 2. The van der Waals surface area contributed by atoms with Crippen LogP contribution in [0.15, 0.2) is 48.5 Å². The van der Waals surface area contributed by atoms with Crippen molar-refractivity contribution < 1.29 is 18.3 Å². The molecule has 0 radical (unpaired) electrons. The summed E-state index contributed by atoms with van der Waals surface area (Å²) >= 11 is 0. The summed E-state index contributed by atoms with van der Waals surface area (Å²) in [5.74, 6) is -0.297. The molecule has 9 heteroatoms. The third-order valence-electron chi connectivity index (χ3n) is 6.18. The molecule has 2 fully saturated rings. The van der Waals surface area contributed by atoms with Crippen molar-refractivity contribution in [1.82, 2.24) is 9.21 Å². The lowest BCUT2D eigenvalue weighted by atomic mass is 10.1. The summed E-state index contributed by atoms with van der Waals surface area (Å²) in [6.07, 6.45) is 1.63. The van der Waals surface area contributed by atoms with Gasteiger partial charge >= 0.3 is 0 Å². The predicted molar refractivity (Wildman–Crippen MR) is 127 cm³/mol. The maximum Gasteiger partial charge on any atom is 0.219 e. The van der Waals surface area contributed by atoms with Crippen LogP contribution in [0, 0.1) is 5.82 Å². The Kier molecular flexibility index (Phi) is 6.90. The van der Waals surface area contributed by atoms with Gasteiger partial charge in [-0.1, -0.05) is 35.2 Å². The van der Waals surface area contributed by atoms with Gasteiger partial charge in [0.1, 0.15) is 5.82 Å². The third-order valence-corrected chi connectivity index (χ3v) is 8.17. The molecule has 32 heavy (non-hydrogen) atoms. The second kappa shape index (κ2) is 9.66. The molecule has 2 N–H and O–H groups in total. The number of benzene rings is 2. The molecule has 0 aromatic heterocycles. The smallest absolute Gasteiger partial charge is 0.219 e. The lowest BCUT2D eigenvalue weighted by Gasteiger charge is -2.49. The molecule has 7 nitrogen and oxygen atoms in total. The van der Waals surface area contributed by atoms with Gasteiger partial charge in [-0.3, -0.25) is 18.2 Å². The van der Waals surface area contributed by atoms with Crippen LogP contribution in [-0.4, -0.2) is 63.5 Å². The van der Waals surface area contributed by atoms with E-state index in [9.17, 15) is 13.9 Å². The Bertz CT molecular complexity index is 938. The van der Waals surface area contributed by atoms with Crippen molar-refractivity contribution in [2.45, 2.75) is 26.3 Å². The van der Waals surface area contributed by atoms with E-state index in [0.717, 1.165) is 24.2 Å². The van der Waals surface area contributed by atoms with Gasteiger partial charge in [0, 0.05) is 64.0 Å². The second-order valence-corrected chi connectivity index (χ2v) is 10.2. The van der Waals surface area contributed by atoms with Gasteiger partial charge in [-0.2, -0.15) is 4.31 Å². The number of piperazine rings is 1. The molecular formula is C23H31FN4O3S. The molecule has 0 bridgehead atoms.